The van der Waals surface area contributed by atoms with Crippen molar-refractivity contribution in [3.63, 3.8) is 0 Å². The highest BCUT2D eigenvalue weighted by atomic mass is 35.5. The van der Waals surface area contributed by atoms with Gasteiger partial charge in [0.1, 0.15) is 6.04 Å². The molecule has 0 aliphatic carbocycles. The maximum absolute atomic E-state index is 12.7. The van der Waals surface area contributed by atoms with E-state index in [-0.39, 0.29) is 22.7 Å². The van der Waals surface area contributed by atoms with Crippen LogP contribution in [0.3, 0.4) is 0 Å². The van der Waals surface area contributed by atoms with Crippen molar-refractivity contribution in [3.05, 3.63) is 34.9 Å². The maximum atomic E-state index is 12.7. The Hall–Kier alpha value is -1.24. The van der Waals surface area contributed by atoms with Gasteiger partial charge in [-0.2, -0.15) is 0 Å². The molecule has 2 fully saturated rings. The van der Waals surface area contributed by atoms with E-state index in [0.29, 0.717) is 17.3 Å². The predicted molar refractivity (Wildman–Crippen MR) is 106 cm³/mol. The zero-order valence-electron chi connectivity index (χ0n) is 15.3. The summed E-state index contributed by atoms with van der Waals surface area (Å²) in [5.74, 6) is 0.630. The number of amides is 2. The number of piperidine rings is 1. The van der Waals surface area contributed by atoms with Crippen LogP contribution in [0.2, 0.25) is 5.02 Å². The van der Waals surface area contributed by atoms with Gasteiger partial charge in [-0.15, -0.1) is 11.8 Å². The number of hydrogen-bond acceptors (Lipinski definition) is 4. The van der Waals surface area contributed by atoms with Crippen molar-refractivity contribution < 1.29 is 9.59 Å². The number of hydrogen-bond donors (Lipinski definition) is 1. The van der Waals surface area contributed by atoms with E-state index in [4.69, 9.17) is 11.6 Å². The van der Waals surface area contributed by atoms with Crippen LogP contribution >= 0.6 is 23.4 Å². The molecular formula is C19H26ClN3O2S. The Balaban J connectivity index is 1.59. The monoisotopic (exact) mass is 395 g/mol. The zero-order chi connectivity index (χ0) is 18.7. The van der Waals surface area contributed by atoms with Crippen LogP contribution in [0.4, 0.5) is 0 Å². The fourth-order valence-corrected chi connectivity index (χ4v) is 5.57. The molecule has 0 aromatic heterocycles. The third kappa shape index (κ3) is 4.18. The van der Waals surface area contributed by atoms with Crippen LogP contribution in [0.5, 0.6) is 0 Å². The molecule has 2 aliphatic heterocycles. The van der Waals surface area contributed by atoms with Crippen LogP contribution in [0, 0.1) is 0 Å². The lowest BCUT2D eigenvalue weighted by Crippen LogP contribution is -2.57. The summed E-state index contributed by atoms with van der Waals surface area (Å²) < 4.78 is 0. The first-order valence-electron chi connectivity index (χ1n) is 9.06. The fourth-order valence-electron chi connectivity index (χ4n) is 3.81. The largest absolute Gasteiger partial charge is 0.354 e. The minimum atomic E-state index is -0.369. The van der Waals surface area contributed by atoms with Crippen molar-refractivity contribution >= 4 is 35.2 Å². The van der Waals surface area contributed by atoms with Gasteiger partial charge in [-0.1, -0.05) is 23.7 Å². The van der Waals surface area contributed by atoms with Crippen LogP contribution in [0.25, 0.3) is 0 Å². The summed E-state index contributed by atoms with van der Waals surface area (Å²) in [5, 5.41) is 3.72. The second-order valence-electron chi connectivity index (χ2n) is 7.13. The molecule has 2 amide bonds. The van der Waals surface area contributed by atoms with Gasteiger partial charge in [0.05, 0.1) is 4.87 Å². The van der Waals surface area contributed by atoms with E-state index in [1.54, 1.807) is 18.7 Å². The second-order valence-corrected chi connectivity index (χ2v) is 8.95. The van der Waals surface area contributed by atoms with Gasteiger partial charge in [0.15, 0.2) is 0 Å². The molecule has 3 rings (SSSR count). The number of carbonyl (C=O) groups is 2. The van der Waals surface area contributed by atoms with Crippen LogP contribution in [-0.2, 0) is 16.0 Å². The summed E-state index contributed by atoms with van der Waals surface area (Å²) in [5.41, 5.74) is 1.13. The molecule has 0 saturated carbocycles. The Bertz CT molecular complexity index is 659. The van der Waals surface area contributed by atoms with E-state index < -0.39 is 0 Å². The number of rotatable bonds is 4. The Labute approximate surface area is 164 Å². The summed E-state index contributed by atoms with van der Waals surface area (Å²) in [6, 6.07) is 7.28. The molecule has 1 spiro atoms. The Kier molecular flexibility index (Phi) is 6.15. The molecule has 2 heterocycles. The first-order valence-corrected chi connectivity index (χ1v) is 10.4. The van der Waals surface area contributed by atoms with Crippen molar-refractivity contribution in [2.75, 3.05) is 32.4 Å². The molecule has 1 aromatic rings. The topological polar surface area (TPSA) is 52.7 Å². The highest BCUT2D eigenvalue weighted by Crippen LogP contribution is 2.46. The smallest absolute Gasteiger partial charge is 0.243 e. The Morgan fingerprint density at radius 2 is 1.92 bits per heavy atom. The molecule has 142 valence electrons. The molecule has 1 unspecified atom stereocenters. The van der Waals surface area contributed by atoms with Gasteiger partial charge < -0.3 is 15.1 Å². The molecule has 0 radical (unpaired) electrons. The van der Waals surface area contributed by atoms with Gasteiger partial charge in [-0.25, -0.2) is 0 Å². The molecule has 7 heteroatoms. The molecule has 1 N–H and O–H groups in total. The lowest BCUT2D eigenvalue weighted by atomic mass is 10.0. The number of nitrogens with one attached hydrogen (secondary N) is 1. The van der Waals surface area contributed by atoms with E-state index in [1.807, 2.05) is 29.2 Å². The van der Waals surface area contributed by atoms with Gasteiger partial charge in [-0.05, 0) is 44.0 Å². The quantitative estimate of drug-likeness (QED) is 0.850. The number of benzene rings is 1. The number of carbonyl (C=O) groups excluding carboxylic acids is 2. The number of thioether (sulfide) groups is 1. The van der Waals surface area contributed by atoms with E-state index in [0.717, 1.165) is 37.9 Å². The standard InChI is InChI=1S/C19H26ClN3O2S/c1-14(24)23-17(13-26-19(23)8-11-22(2)12-9-19)18(25)21-10-7-15-3-5-16(20)6-4-15/h3-6,17H,7-13H2,1-2H3,(H,21,25). The third-order valence-corrected chi connectivity index (χ3v) is 7.17. The minimum absolute atomic E-state index is 0.00240. The molecular weight excluding hydrogens is 370 g/mol. The maximum Gasteiger partial charge on any atom is 0.243 e. The van der Waals surface area contributed by atoms with Crippen LogP contribution in [0.15, 0.2) is 24.3 Å². The number of nitrogens with zero attached hydrogens (tertiary/aromatic N) is 2. The van der Waals surface area contributed by atoms with Crippen LogP contribution in [-0.4, -0.2) is 65.0 Å². The second kappa shape index (κ2) is 8.19. The molecule has 5 nitrogen and oxygen atoms in total. The van der Waals surface area contributed by atoms with Crippen molar-refractivity contribution in [2.24, 2.45) is 0 Å². The summed E-state index contributed by atoms with van der Waals surface area (Å²) in [4.78, 5) is 29.0. The van der Waals surface area contributed by atoms with Gasteiger partial charge >= 0.3 is 0 Å². The average Bonchev–Trinajstić information content (AvgIpc) is 2.99. The number of halogens is 1. The normalized spacial score (nSPS) is 22.6. The molecule has 2 aliphatic rings. The van der Waals surface area contributed by atoms with Gasteiger partial charge in [0.2, 0.25) is 11.8 Å². The van der Waals surface area contributed by atoms with Gasteiger partial charge in [0, 0.05) is 37.3 Å². The average molecular weight is 396 g/mol. The van der Waals surface area contributed by atoms with Crippen molar-refractivity contribution in [2.45, 2.75) is 37.1 Å². The number of likely N-dealkylation sites (tertiary alicyclic amines) is 1. The first-order chi connectivity index (χ1) is 12.4. The van der Waals surface area contributed by atoms with Crippen molar-refractivity contribution in [1.82, 2.24) is 15.1 Å². The third-order valence-electron chi connectivity index (χ3n) is 5.30. The van der Waals surface area contributed by atoms with E-state index in [9.17, 15) is 9.59 Å². The first kappa shape index (κ1) is 19.5. The lowest BCUT2D eigenvalue weighted by Gasteiger charge is -2.44. The fraction of sp³-hybridized carbons (Fsp3) is 0.579. The lowest BCUT2D eigenvalue weighted by molar-refractivity contribution is -0.142. The summed E-state index contributed by atoms with van der Waals surface area (Å²) >= 11 is 7.67. The molecule has 1 atom stereocenters. The van der Waals surface area contributed by atoms with Crippen molar-refractivity contribution in [3.8, 4) is 0 Å². The Morgan fingerprint density at radius 3 is 2.54 bits per heavy atom. The summed E-state index contributed by atoms with van der Waals surface area (Å²) in [7, 11) is 2.10. The zero-order valence-corrected chi connectivity index (χ0v) is 16.9. The van der Waals surface area contributed by atoms with Crippen LogP contribution < -0.4 is 5.32 Å². The van der Waals surface area contributed by atoms with Crippen LogP contribution in [0.1, 0.15) is 25.3 Å². The van der Waals surface area contributed by atoms with E-state index in [2.05, 4.69) is 17.3 Å². The molecule has 0 bridgehead atoms. The van der Waals surface area contributed by atoms with Crippen molar-refractivity contribution in [1.29, 1.82) is 0 Å². The highest BCUT2D eigenvalue weighted by molar-refractivity contribution is 8.01. The SMILES string of the molecule is CC(=O)N1C(C(=O)NCCc2ccc(Cl)cc2)CSC12CCN(C)CC2. The highest BCUT2D eigenvalue weighted by Gasteiger charge is 2.51. The van der Waals surface area contributed by atoms with E-state index >= 15 is 0 Å². The molecule has 2 saturated heterocycles. The minimum Gasteiger partial charge on any atom is -0.354 e. The summed E-state index contributed by atoms with van der Waals surface area (Å²) in [6.45, 7) is 4.06. The van der Waals surface area contributed by atoms with Gasteiger partial charge in [-0.3, -0.25) is 9.59 Å². The van der Waals surface area contributed by atoms with E-state index in [1.165, 1.54) is 0 Å². The molecule has 26 heavy (non-hydrogen) atoms. The predicted octanol–water partition coefficient (Wildman–Crippen LogP) is 2.38. The molecule has 1 aromatic carbocycles. The Morgan fingerprint density at radius 1 is 1.27 bits per heavy atom. The summed E-state index contributed by atoms with van der Waals surface area (Å²) in [6.07, 6.45) is 2.59. The van der Waals surface area contributed by atoms with Gasteiger partial charge in [0.25, 0.3) is 0 Å².